The van der Waals surface area contributed by atoms with Crippen LogP contribution < -0.4 is 5.32 Å². The third-order valence-corrected chi connectivity index (χ3v) is 4.09. The maximum atomic E-state index is 12.5. The van der Waals surface area contributed by atoms with Crippen LogP contribution in [0.2, 0.25) is 0 Å². The molecule has 0 aromatic heterocycles. The fraction of sp³-hybridized carbons (Fsp3) is 0.875. The van der Waals surface area contributed by atoms with E-state index in [1.807, 2.05) is 0 Å². The van der Waals surface area contributed by atoms with E-state index in [-0.39, 0.29) is 24.0 Å². The maximum absolute atomic E-state index is 12.5. The van der Waals surface area contributed by atoms with Crippen molar-refractivity contribution in [2.45, 2.75) is 51.5 Å². The molecular formula is C16H30N2O4. The Morgan fingerprint density at radius 1 is 1.23 bits per heavy atom. The molecule has 0 radical (unpaired) electrons. The standard InChI is InChI=1S/C16H30N2O4/c1-13(15(19)22-3)12-18(10-7-11-21-2)16(20)17-14-8-5-4-6-9-14/h13-14H,4-12H2,1-3H3,(H,17,20). The molecule has 0 heterocycles. The number of hydrogen-bond donors (Lipinski definition) is 1. The minimum Gasteiger partial charge on any atom is -0.469 e. The van der Waals surface area contributed by atoms with Crippen LogP contribution in [0.25, 0.3) is 0 Å². The van der Waals surface area contributed by atoms with Crippen molar-refractivity contribution >= 4 is 12.0 Å². The molecule has 2 amide bonds. The normalized spacial score (nSPS) is 16.9. The first-order valence-corrected chi connectivity index (χ1v) is 8.20. The van der Waals surface area contributed by atoms with Gasteiger partial charge in [-0.3, -0.25) is 4.79 Å². The van der Waals surface area contributed by atoms with E-state index < -0.39 is 0 Å². The van der Waals surface area contributed by atoms with E-state index >= 15 is 0 Å². The molecule has 1 unspecified atom stereocenters. The van der Waals surface area contributed by atoms with Crippen molar-refractivity contribution in [3.05, 3.63) is 0 Å². The van der Waals surface area contributed by atoms with E-state index in [1.54, 1.807) is 18.9 Å². The van der Waals surface area contributed by atoms with E-state index in [2.05, 4.69) is 5.32 Å². The van der Waals surface area contributed by atoms with Gasteiger partial charge in [-0.05, 0) is 19.3 Å². The van der Waals surface area contributed by atoms with Gasteiger partial charge in [0.05, 0.1) is 13.0 Å². The molecule has 0 aromatic rings. The highest BCUT2D eigenvalue weighted by molar-refractivity contribution is 5.76. The van der Waals surface area contributed by atoms with Crippen LogP contribution in [0.15, 0.2) is 0 Å². The largest absolute Gasteiger partial charge is 0.469 e. The van der Waals surface area contributed by atoms with Crippen molar-refractivity contribution in [1.82, 2.24) is 10.2 Å². The van der Waals surface area contributed by atoms with Crippen molar-refractivity contribution in [2.75, 3.05) is 33.9 Å². The molecule has 1 atom stereocenters. The summed E-state index contributed by atoms with van der Waals surface area (Å²) in [6.07, 6.45) is 6.44. The molecule has 1 fully saturated rings. The topological polar surface area (TPSA) is 67.9 Å². The Balaban J connectivity index is 2.54. The Morgan fingerprint density at radius 3 is 2.50 bits per heavy atom. The summed E-state index contributed by atoms with van der Waals surface area (Å²) in [6, 6.07) is 0.179. The summed E-state index contributed by atoms with van der Waals surface area (Å²) >= 11 is 0. The van der Waals surface area contributed by atoms with Gasteiger partial charge >= 0.3 is 12.0 Å². The number of carbonyl (C=O) groups excluding carboxylic acids is 2. The molecule has 0 saturated heterocycles. The molecule has 6 nitrogen and oxygen atoms in total. The van der Waals surface area contributed by atoms with Gasteiger partial charge in [0.25, 0.3) is 0 Å². The molecule has 6 heteroatoms. The van der Waals surface area contributed by atoms with Crippen LogP contribution in [0.5, 0.6) is 0 Å². The molecule has 0 aliphatic heterocycles. The number of methoxy groups -OCH3 is 2. The lowest BCUT2D eigenvalue weighted by Crippen LogP contribution is -2.48. The molecular weight excluding hydrogens is 284 g/mol. The molecule has 1 N–H and O–H groups in total. The zero-order chi connectivity index (χ0) is 16.4. The molecule has 0 spiro atoms. The maximum Gasteiger partial charge on any atom is 0.317 e. The molecule has 22 heavy (non-hydrogen) atoms. The second-order valence-electron chi connectivity index (χ2n) is 6.00. The van der Waals surface area contributed by atoms with Crippen LogP contribution in [0, 0.1) is 5.92 Å². The van der Waals surface area contributed by atoms with Gasteiger partial charge in [-0.15, -0.1) is 0 Å². The number of nitrogens with zero attached hydrogens (tertiary/aromatic N) is 1. The summed E-state index contributed by atoms with van der Waals surface area (Å²) in [6.45, 7) is 3.32. The summed E-state index contributed by atoms with van der Waals surface area (Å²) in [5.74, 6) is -0.619. The lowest BCUT2D eigenvalue weighted by atomic mass is 9.96. The van der Waals surface area contributed by atoms with Crippen LogP contribution >= 0.6 is 0 Å². The van der Waals surface area contributed by atoms with Crippen molar-refractivity contribution in [2.24, 2.45) is 5.92 Å². The fourth-order valence-electron chi connectivity index (χ4n) is 2.79. The Kier molecular flexibility index (Phi) is 8.89. The highest BCUT2D eigenvalue weighted by Gasteiger charge is 2.23. The monoisotopic (exact) mass is 314 g/mol. The molecule has 1 saturated carbocycles. The Bertz CT molecular complexity index is 343. The second kappa shape index (κ2) is 10.4. The second-order valence-corrected chi connectivity index (χ2v) is 6.00. The average molecular weight is 314 g/mol. The highest BCUT2D eigenvalue weighted by atomic mass is 16.5. The highest BCUT2D eigenvalue weighted by Crippen LogP contribution is 2.17. The number of urea groups is 1. The number of rotatable bonds is 8. The van der Waals surface area contributed by atoms with E-state index in [1.165, 1.54) is 26.4 Å². The number of amides is 2. The third kappa shape index (κ3) is 6.64. The number of nitrogens with one attached hydrogen (secondary N) is 1. The van der Waals surface area contributed by atoms with E-state index in [4.69, 9.17) is 9.47 Å². The van der Waals surface area contributed by atoms with E-state index in [0.717, 1.165) is 19.3 Å². The molecule has 128 valence electrons. The van der Waals surface area contributed by atoms with Crippen molar-refractivity contribution in [3.63, 3.8) is 0 Å². The molecule has 1 rings (SSSR count). The molecule has 1 aliphatic rings. The summed E-state index contributed by atoms with van der Waals surface area (Å²) < 4.78 is 9.79. The quantitative estimate of drug-likeness (QED) is 0.551. The van der Waals surface area contributed by atoms with Gasteiger partial charge in [-0.1, -0.05) is 26.2 Å². The Hall–Kier alpha value is -1.30. The minimum atomic E-state index is -0.329. The van der Waals surface area contributed by atoms with Gasteiger partial charge in [0.1, 0.15) is 0 Å². The lowest BCUT2D eigenvalue weighted by Gasteiger charge is -2.29. The van der Waals surface area contributed by atoms with Gasteiger partial charge in [-0.25, -0.2) is 4.79 Å². The molecule has 1 aliphatic carbocycles. The summed E-state index contributed by atoms with van der Waals surface area (Å²) in [5, 5.41) is 3.10. The zero-order valence-electron chi connectivity index (χ0n) is 14.1. The SMILES string of the molecule is COCCCN(CC(C)C(=O)OC)C(=O)NC1CCCCC1. The first-order chi connectivity index (χ1) is 10.6. The Morgan fingerprint density at radius 2 is 1.91 bits per heavy atom. The summed E-state index contributed by atoms with van der Waals surface area (Å²) in [7, 11) is 3.01. The predicted octanol–water partition coefficient (Wildman–Crippen LogP) is 2.18. The van der Waals surface area contributed by atoms with Gasteiger partial charge in [-0.2, -0.15) is 0 Å². The van der Waals surface area contributed by atoms with Crippen molar-refractivity contribution in [3.8, 4) is 0 Å². The number of ether oxygens (including phenoxy) is 2. The minimum absolute atomic E-state index is 0.0845. The zero-order valence-corrected chi connectivity index (χ0v) is 14.1. The lowest BCUT2D eigenvalue weighted by molar-refractivity contribution is -0.145. The van der Waals surface area contributed by atoms with Crippen LogP contribution in [-0.4, -0.2) is 56.9 Å². The molecule has 0 bridgehead atoms. The first-order valence-electron chi connectivity index (χ1n) is 8.20. The van der Waals surface area contributed by atoms with Gasteiger partial charge in [0, 0.05) is 32.8 Å². The van der Waals surface area contributed by atoms with Crippen molar-refractivity contribution < 1.29 is 19.1 Å². The third-order valence-electron chi connectivity index (χ3n) is 4.09. The van der Waals surface area contributed by atoms with E-state index in [0.29, 0.717) is 19.7 Å². The van der Waals surface area contributed by atoms with E-state index in [9.17, 15) is 9.59 Å². The van der Waals surface area contributed by atoms with Crippen LogP contribution in [0.3, 0.4) is 0 Å². The summed E-state index contributed by atoms with van der Waals surface area (Å²) in [4.78, 5) is 25.8. The predicted molar refractivity (Wildman–Crippen MR) is 84.7 cm³/mol. The fourth-order valence-corrected chi connectivity index (χ4v) is 2.79. The molecule has 0 aromatic carbocycles. The Labute approximate surface area is 133 Å². The summed E-state index contributed by atoms with van der Waals surface area (Å²) in [5.41, 5.74) is 0. The number of carbonyl (C=O) groups is 2. The van der Waals surface area contributed by atoms with Crippen LogP contribution in [0.4, 0.5) is 4.79 Å². The average Bonchev–Trinajstić information content (AvgIpc) is 2.54. The first kappa shape index (κ1) is 18.7. The van der Waals surface area contributed by atoms with Crippen LogP contribution in [-0.2, 0) is 14.3 Å². The smallest absolute Gasteiger partial charge is 0.317 e. The van der Waals surface area contributed by atoms with Gasteiger partial charge in [0.2, 0.25) is 0 Å². The van der Waals surface area contributed by atoms with Gasteiger partial charge < -0.3 is 19.7 Å². The number of hydrogen-bond acceptors (Lipinski definition) is 4. The number of esters is 1. The van der Waals surface area contributed by atoms with Crippen LogP contribution in [0.1, 0.15) is 45.4 Å². The van der Waals surface area contributed by atoms with Crippen molar-refractivity contribution in [1.29, 1.82) is 0 Å². The van der Waals surface area contributed by atoms with Gasteiger partial charge in [0.15, 0.2) is 0 Å².